The molecule has 24 heavy (non-hydrogen) atoms. The van der Waals surface area contributed by atoms with Crippen LogP contribution in [0.25, 0.3) is 0 Å². The van der Waals surface area contributed by atoms with E-state index in [0.717, 1.165) is 5.75 Å². The van der Waals surface area contributed by atoms with Crippen LogP contribution in [0.1, 0.15) is 22.8 Å². The van der Waals surface area contributed by atoms with Crippen LogP contribution in [0.3, 0.4) is 0 Å². The molecule has 5 nitrogen and oxygen atoms in total. The number of fused-ring (bicyclic) bond motifs is 1. The highest BCUT2D eigenvalue weighted by molar-refractivity contribution is 7.99. The molecule has 0 radical (unpaired) electrons. The highest BCUT2D eigenvalue weighted by atomic mass is 32.2. The predicted octanol–water partition coefficient (Wildman–Crippen LogP) is 3.49. The molecule has 6 heteroatoms. The average Bonchev–Trinajstić information content (AvgIpc) is 3.02. The van der Waals surface area contributed by atoms with E-state index < -0.39 is 0 Å². The molecule has 1 aliphatic heterocycles. The van der Waals surface area contributed by atoms with Gasteiger partial charge in [0.1, 0.15) is 0 Å². The number of ether oxygens (including phenoxy) is 2. The lowest BCUT2D eigenvalue weighted by Gasteiger charge is -2.10. The minimum absolute atomic E-state index is 0.122. The lowest BCUT2D eigenvalue weighted by atomic mass is 10.1. The van der Waals surface area contributed by atoms with Crippen molar-refractivity contribution in [2.75, 3.05) is 17.9 Å². The van der Waals surface area contributed by atoms with Gasteiger partial charge in [-0.15, -0.1) is 11.8 Å². The van der Waals surface area contributed by atoms with E-state index in [-0.39, 0.29) is 18.5 Å². The number of hydrogen-bond donors (Lipinski definition) is 1. The number of hydrogen-bond acceptors (Lipinski definition) is 5. The molecular weight excluding hydrogens is 326 g/mol. The molecule has 2 aromatic carbocycles. The Balaban J connectivity index is 1.62. The SMILES string of the molecule is CC(=O)c1cc2c(cc1NC(=O)CSCc1ccccc1)OCO2. The van der Waals surface area contributed by atoms with Crippen molar-refractivity contribution < 1.29 is 19.1 Å². The summed E-state index contributed by atoms with van der Waals surface area (Å²) in [7, 11) is 0. The number of carbonyl (C=O) groups is 2. The number of Topliss-reactive ketones (excluding diaryl/α,β-unsaturated/α-hetero) is 1. The molecule has 1 N–H and O–H groups in total. The molecule has 0 spiro atoms. The molecule has 2 aromatic rings. The Labute approximate surface area is 144 Å². The lowest BCUT2D eigenvalue weighted by molar-refractivity contribution is -0.113. The zero-order valence-electron chi connectivity index (χ0n) is 13.2. The third-order valence-electron chi connectivity index (χ3n) is 3.51. The maximum Gasteiger partial charge on any atom is 0.234 e. The van der Waals surface area contributed by atoms with Crippen molar-refractivity contribution >= 4 is 29.1 Å². The molecule has 0 aromatic heterocycles. The smallest absolute Gasteiger partial charge is 0.234 e. The summed E-state index contributed by atoms with van der Waals surface area (Å²) < 4.78 is 10.6. The van der Waals surface area contributed by atoms with Crippen LogP contribution >= 0.6 is 11.8 Å². The van der Waals surface area contributed by atoms with Crippen molar-refractivity contribution in [2.45, 2.75) is 12.7 Å². The summed E-state index contributed by atoms with van der Waals surface area (Å²) in [5.41, 5.74) is 2.04. The van der Waals surface area contributed by atoms with E-state index in [0.29, 0.717) is 28.5 Å². The first kappa shape index (κ1) is 16.4. The minimum atomic E-state index is -0.155. The Hall–Kier alpha value is -2.47. The van der Waals surface area contributed by atoms with Crippen LogP contribution in [0.4, 0.5) is 5.69 Å². The molecule has 0 atom stereocenters. The van der Waals surface area contributed by atoms with Crippen molar-refractivity contribution in [1.82, 2.24) is 0 Å². The first-order chi connectivity index (χ1) is 11.6. The van der Waals surface area contributed by atoms with E-state index in [1.54, 1.807) is 12.1 Å². The lowest BCUT2D eigenvalue weighted by Crippen LogP contribution is -2.16. The number of anilines is 1. The van der Waals surface area contributed by atoms with Crippen LogP contribution in [-0.2, 0) is 10.5 Å². The van der Waals surface area contributed by atoms with Crippen molar-refractivity contribution in [3.63, 3.8) is 0 Å². The molecule has 0 fully saturated rings. The minimum Gasteiger partial charge on any atom is -0.454 e. The fourth-order valence-corrected chi connectivity index (χ4v) is 3.15. The molecule has 0 unspecified atom stereocenters. The van der Waals surface area contributed by atoms with Gasteiger partial charge in [-0.1, -0.05) is 30.3 Å². The van der Waals surface area contributed by atoms with Crippen LogP contribution < -0.4 is 14.8 Å². The van der Waals surface area contributed by atoms with Gasteiger partial charge in [0.15, 0.2) is 17.3 Å². The maximum absolute atomic E-state index is 12.2. The van der Waals surface area contributed by atoms with Crippen LogP contribution in [-0.4, -0.2) is 24.2 Å². The van der Waals surface area contributed by atoms with Gasteiger partial charge in [-0.3, -0.25) is 9.59 Å². The number of amides is 1. The summed E-state index contributed by atoms with van der Waals surface area (Å²) in [5, 5.41) is 2.79. The van der Waals surface area contributed by atoms with Crippen LogP contribution in [0, 0.1) is 0 Å². The van der Waals surface area contributed by atoms with Gasteiger partial charge in [0.05, 0.1) is 11.4 Å². The molecule has 0 saturated heterocycles. The second-order valence-electron chi connectivity index (χ2n) is 5.33. The summed E-state index contributed by atoms with van der Waals surface area (Å²) >= 11 is 1.52. The summed E-state index contributed by atoms with van der Waals surface area (Å²) in [4.78, 5) is 24.0. The Morgan fingerprint density at radius 1 is 1.12 bits per heavy atom. The third-order valence-corrected chi connectivity index (χ3v) is 4.51. The third kappa shape index (κ3) is 3.89. The molecule has 3 rings (SSSR count). The van der Waals surface area contributed by atoms with Gasteiger partial charge in [0.25, 0.3) is 0 Å². The predicted molar refractivity (Wildman–Crippen MR) is 93.8 cm³/mol. The van der Waals surface area contributed by atoms with Gasteiger partial charge in [-0.2, -0.15) is 0 Å². The highest BCUT2D eigenvalue weighted by Crippen LogP contribution is 2.37. The Bertz CT molecular complexity index is 761. The number of benzene rings is 2. The zero-order chi connectivity index (χ0) is 16.9. The number of ketones is 1. The van der Waals surface area contributed by atoms with Crippen LogP contribution in [0.15, 0.2) is 42.5 Å². The molecule has 0 aliphatic carbocycles. The number of rotatable bonds is 6. The molecule has 1 amide bonds. The average molecular weight is 343 g/mol. The first-order valence-corrected chi connectivity index (χ1v) is 8.65. The number of carbonyl (C=O) groups excluding carboxylic acids is 2. The molecule has 1 aliphatic rings. The first-order valence-electron chi connectivity index (χ1n) is 7.49. The van der Waals surface area contributed by atoms with Crippen molar-refractivity contribution in [1.29, 1.82) is 0 Å². The zero-order valence-corrected chi connectivity index (χ0v) is 14.0. The highest BCUT2D eigenvalue weighted by Gasteiger charge is 2.20. The number of thioether (sulfide) groups is 1. The van der Waals surface area contributed by atoms with Gasteiger partial charge in [-0.05, 0) is 18.6 Å². The summed E-state index contributed by atoms with van der Waals surface area (Å²) in [6.07, 6.45) is 0. The standard InChI is InChI=1S/C18H17NO4S/c1-12(20)14-7-16-17(23-11-22-16)8-15(14)19-18(21)10-24-9-13-5-3-2-4-6-13/h2-8H,9-11H2,1H3,(H,19,21). The Morgan fingerprint density at radius 3 is 2.54 bits per heavy atom. The monoisotopic (exact) mass is 343 g/mol. The van der Waals surface area contributed by atoms with Gasteiger partial charge < -0.3 is 14.8 Å². The quantitative estimate of drug-likeness (QED) is 0.814. The molecule has 1 heterocycles. The maximum atomic E-state index is 12.2. The van der Waals surface area contributed by atoms with Crippen molar-refractivity contribution in [2.24, 2.45) is 0 Å². The van der Waals surface area contributed by atoms with E-state index >= 15 is 0 Å². The van der Waals surface area contributed by atoms with E-state index in [2.05, 4.69) is 5.32 Å². The van der Waals surface area contributed by atoms with Crippen LogP contribution in [0.5, 0.6) is 11.5 Å². The van der Waals surface area contributed by atoms with E-state index in [1.807, 2.05) is 30.3 Å². The molecular formula is C18H17NO4S. The Kier molecular flexibility index (Phi) is 5.05. The van der Waals surface area contributed by atoms with Gasteiger partial charge >= 0.3 is 0 Å². The van der Waals surface area contributed by atoms with Gasteiger partial charge in [0, 0.05) is 17.4 Å². The van der Waals surface area contributed by atoms with Crippen molar-refractivity contribution in [3.8, 4) is 11.5 Å². The van der Waals surface area contributed by atoms with Crippen molar-refractivity contribution in [3.05, 3.63) is 53.6 Å². The van der Waals surface area contributed by atoms with Gasteiger partial charge in [-0.25, -0.2) is 0 Å². The largest absolute Gasteiger partial charge is 0.454 e. The van der Waals surface area contributed by atoms with E-state index in [4.69, 9.17) is 9.47 Å². The van der Waals surface area contributed by atoms with E-state index in [1.165, 1.54) is 24.2 Å². The van der Waals surface area contributed by atoms with E-state index in [9.17, 15) is 9.59 Å². The fourth-order valence-electron chi connectivity index (χ4n) is 2.36. The second-order valence-corrected chi connectivity index (χ2v) is 6.32. The summed E-state index contributed by atoms with van der Waals surface area (Å²) in [5.74, 6) is 1.83. The topological polar surface area (TPSA) is 64.6 Å². The number of nitrogens with one attached hydrogen (secondary N) is 1. The summed E-state index contributed by atoms with van der Waals surface area (Å²) in [6.45, 7) is 1.58. The van der Waals surface area contributed by atoms with Gasteiger partial charge in [0.2, 0.25) is 12.7 Å². The molecule has 0 saturated carbocycles. The molecule has 124 valence electrons. The Morgan fingerprint density at radius 2 is 1.83 bits per heavy atom. The normalized spacial score (nSPS) is 12.0. The summed E-state index contributed by atoms with van der Waals surface area (Å²) in [6, 6.07) is 13.2. The van der Waals surface area contributed by atoms with Crippen LogP contribution in [0.2, 0.25) is 0 Å². The fraction of sp³-hybridized carbons (Fsp3) is 0.222. The second kappa shape index (κ2) is 7.40. The molecule has 0 bridgehead atoms.